The lowest BCUT2D eigenvalue weighted by molar-refractivity contribution is 0.360. The number of hydrogen-bond donors (Lipinski definition) is 1. The third kappa shape index (κ3) is 4.01. The van der Waals surface area contributed by atoms with Gasteiger partial charge in [-0.05, 0) is 68.1 Å². The molecule has 1 heterocycles. The zero-order chi connectivity index (χ0) is 16.8. The lowest BCUT2D eigenvalue weighted by Gasteiger charge is -2.25. The molecule has 0 saturated heterocycles. The van der Waals surface area contributed by atoms with E-state index in [4.69, 9.17) is 9.73 Å². The van der Waals surface area contributed by atoms with Gasteiger partial charge in [-0.15, -0.1) is 0 Å². The van der Waals surface area contributed by atoms with Crippen LogP contribution in [0.5, 0.6) is 5.75 Å². The van der Waals surface area contributed by atoms with Gasteiger partial charge >= 0.3 is 0 Å². The first kappa shape index (κ1) is 16.7. The Morgan fingerprint density at radius 1 is 1.08 bits per heavy atom. The van der Waals surface area contributed by atoms with E-state index in [2.05, 4.69) is 22.4 Å². The molecular weight excluding hydrogens is 298 g/mol. The Kier molecular flexibility index (Phi) is 5.59. The fraction of sp³-hybridized carbons (Fsp3) is 0.400. The maximum absolute atomic E-state index is 5.50. The van der Waals surface area contributed by atoms with Crippen molar-refractivity contribution >= 4 is 6.21 Å². The molecule has 1 fully saturated rings. The molecule has 0 aliphatic heterocycles. The third-order valence-electron chi connectivity index (χ3n) is 4.77. The van der Waals surface area contributed by atoms with Crippen LogP contribution < -0.4 is 10.1 Å². The summed E-state index contributed by atoms with van der Waals surface area (Å²) in [5.74, 6) is 0.862. The lowest BCUT2D eigenvalue weighted by Crippen LogP contribution is -2.31. The van der Waals surface area contributed by atoms with E-state index < -0.39 is 0 Å². The van der Waals surface area contributed by atoms with E-state index in [-0.39, 0.29) is 0 Å². The monoisotopic (exact) mass is 323 g/mol. The average Bonchev–Trinajstić information content (AvgIpc) is 2.67. The van der Waals surface area contributed by atoms with Crippen molar-refractivity contribution in [2.24, 2.45) is 4.99 Å². The van der Waals surface area contributed by atoms with Crippen molar-refractivity contribution in [2.45, 2.75) is 37.8 Å². The van der Waals surface area contributed by atoms with Gasteiger partial charge in [0.2, 0.25) is 0 Å². The summed E-state index contributed by atoms with van der Waals surface area (Å²) in [4.78, 5) is 8.90. The topological polar surface area (TPSA) is 46.5 Å². The first-order valence-corrected chi connectivity index (χ1v) is 8.59. The molecule has 2 aromatic rings. The smallest absolute Gasteiger partial charge is 0.127 e. The minimum Gasteiger partial charge on any atom is -0.496 e. The summed E-state index contributed by atoms with van der Waals surface area (Å²) in [6.45, 7) is 0. The van der Waals surface area contributed by atoms with Crippen LogP contribution in [0.3, 0.4) is 0 Å². The van der Waals surface area contributed by atoms with Crippen LogP contribution in [-0.2, 0) is 0 Å². The summed E-state index contributed by atoms with van der Waals surface area (Å²) in [6, 6.07) is 11.3. The SMILES string of the molecule is CN[C@H]1CC[C@H](/N=C/c2cc(-c3ccncc3)ccc2OC)CC1. The molecule has 0 bridgehead atoms. The molecule has 0 unspecified atom stereocenters. The van der Waals surface area contributed by atoms with Gasteiger partial charge in [-0.1, -0.05) is 6.07 Å². The molecule has 1 aliphatic carbocycles. The van der Waals surface area contributed by atoms with Gasteiger partial charge in [0.25, 0.3) is 0 Å². The number of pyridine rings is 1. The van der Waals surface area contributed by atoms with Gasteiger partial charge in [-0.3, -0.25) is 9.98 Å². The molecule has 1 aromatic heterocycles. The Balaban J connectivity index is 1.78. The quantitative estimate of drug-likeness (QED) is 0.853. The Bertz CT molecular complexity index is 677. The number of methoxy groups -OCH3 is 1. The van der Waals surface area contributed by atoms with Gasteiger partial charge in [0, 0.05) is 30.2 Å². The first-order chi connectivity index (χ1) is 11.8. The molecule has 1 aromatic carbocycles. The van der Waals surface area contributed by atoms with Crippen LogP contribution in [0.15, 0.2) is 47.7 Å². The highest BCUT2D eigenvalue weighted by molar-refractivity contribution is 5.86. The van der Waals surface area contributed by atoms with E-state index in [9.17, 15) is 0 Å². The Labute approximate surface area is 144 Å². The van der Waals surface area contributed by atoms with E-state index in [0.717, 1.165) is 35.3 Å². The van der Waals surface area contributed by atoms with Crippen LogP contribution in [0.2, 0.25) is 0 Å². The predicted molar refractivity (Wildman–Crippen MR) is 98.9 cm³/mol. The van der Waals surface area contributed by atoms with Gasteiger partial charge in [-0.2, -0.15) is 0 Å². The van der Waals surface area contributed by atoms with Gasteiger partial charge in [0.1, 0.15) is 5.75 Å². The highest BCUT2D eigenvalue weighted by atomic mass is 16.5. The molecule has 126 valence electrons. The van der Waals surface area contributed by atoms with E-state index >= 15 is 0 Å². The highest BCUT2D eigenvalue weighted by Gasteiger charge is 2.18. The fourth-order valence-electron chi connectivity index (χ4n) is 3.26. The summed E-state index contributed by atoms with van der Waals surface area (Å²) in [5.41, 5.74) is 3.33. The van der Waals surface area contributed by atoms with Crippen molar-refractivity contribution in [1.82, 2.24) is 10.3 Å². The van der Waals surface area contributed by atoms with Crippen molar-refractivity contribution < 1.29 is 4.74 Å². The van der Waals surface area contributed by atoms with E-state index in [1.54, 1.807) is 7.11 Å². The molecule has 1 saturated carbocycles. The van der Waals surface area contributed by atoms with Crippen LogP contribution in [0.4, 0.5) is 0 Å². The summed E-state index contributed by atoms with van der Waals surface area (Å²) in [5, 5.41) is 3.37. The summed E-state index contributed by atoms with van der Waals surface area (Å²) in [6.07, 6.45) is 10.3. The Morgan fingerprint density at radius 2 is 1.83 bits per heavy atom. The molecule has 0 spiro atoms. The summed E-state index contributed by atoms with van der Waals surface area (Å²) < 4.78 is 5.50. The second-order valence-electron chi connectivity index (χ2n) is 6.26. The normalized spacial score (nSPS) is 21.1. The number of aliphatic imine (C=N–C) groups is 1. The van der Waals surface area contributed by atoms with E-state index in [1.165, 1.54) is 12.8 Å². The predicted octanol–water partition coefficient (Wildman–Crippen LogP) is 3.71. The van der Waals surface area contributed by atoms with Crippen LogP contribution in [0.1, 0.15) is 31.2 Å². The molecule has 3 rings (SSSR count). The minimum atomic E-state index is 0.420. The second-order valence-corrected chi connectivity index (χ2v) is 6.26. The fourth-order valence-corrected chi connectivity index (χ4v) is 3.26. The lowest BCUT2D eigenvalue weighted by atomic mass is 9.91. The first-order valence-electron chi connectivity index (χ1n) is 8.59. The second kappa shape index (κ2) is 8.06. The van der Waals surface area contributed by atoms with Crippen molar-refractivity contribution in [3.05, 3.63) is 48.3 Å². The van der Waals surface area contributed by atoms with E-state index in [0.29, 0.717) is 12.1 Å². The molecule has 4 heteroatoms. The van der Waals surface area contributed by atoms with Gasteiger partial charge < -0.3 is 10.1 Å². The molecule has 1 N–H and O–H groups in total. The van der Waals surface area contributed by atoms with Crippen LogP contribution in [-0.4, -0.2) is 37.4 Å². The number of ether oxygens (including phenoxy) is 1. The van der Waals surface area contributed by atoms with Crippen LogP contribution in [0.25, 0.3) is 11.1 Å². The Morgan fingerprint density at radius 3 is 2.50 bits per heavy atom. The molecule has 1 aliphatic rings. The van der Waals surface area contributed by atoms with Crippen molar-refractivity contribution in [2.75, 3.05) is 14.2 Å². The van der Waals surface area contributed by atoms with Gasteiger partial charge in [-0.25, -0.2) is 0 Å². The summed E-state index contributed by atoms with van der Waals surface area (Å²) >= 11 is 0. The molecule has 4 nitrogen and oxygen atoms in total. The zero-order valence-corrected chi connectivity index (χ0v) is 14.4. The number of aromatic nitrogens is 1. The number of nitrogens with one attached hydrogen (secondary N) is 1. The maximum atomic E-state index is 5.50. The molecular formula is C20H25N3O. The largest absolute Gasteiger partial charge is 0.496 e. The maximum Gasteiger partial charge on any atom is 0.127 e. The average molecular weight is 323 g/mol. The van der Waals surface area contributed by atoms with Crippen molar-refractivity contribution in [3.63, 3.8) is 0 Å². The number of hydrogen-bond acceptors (Lipinski definition) is 4. The van der Waals surface area contributed by atoms with E-state index in [1.807, 2.05) is 43.9 Å². The molecule has 0 radical (unpaired) electrons. The minimum absolute atomic E-state index is 0.420. The number of nitrogens with zero attached hydrogens (tertiary/aromatic N) is 2. The third-order valence-corrected chi connectivity index (χ3v) is 4.77. The van der Waals surface area contributed by atoms with Crippen molar-refractivity contribution in [3.8, 4) is 16.9 Å². The van der Waals surface area contributed by atoms with Crippen LogP contribution in [0, 0.1) is 0 Å². The number of benzene rings is 1. The van der Waals surface area contributed by atoms with Gasteiger partial charge in [0.05, 0.1) is 13.2 Å². The zero-order valence-electron chi connectivity index (χ0n) is 14.4. The molecule has 0 atom stereocenters. The molecule has 24 heavy (non-hydrogen) atoms. The van der Waals surface area contributed by atoms with Crippen LogP contribution >= 0.6 is 0 Å². The number of rotatable bonds is 5. The Hall–Kier alpha value is -2.20. The summed E-state index contributed by atoms with van der Waals surface area (Å²) in [7, 11) is 3.75. The highest BCUT2D eigenvalue weighted by Crippen LogP contribution is 2.26. The molecule has 0 amide bonds. The standard InChI is InChI=1S/C20H25N3O/c1-21-18-4-6-19(7-5-18)23-14-17-13-16(3-8-20(17)24-2)15-9-11-22-12-10-15/h3,8-14,18-19,21H,4-7H2,1-2H3/b23-14+/t18-,19-. The van der Waals surface area contributed by atoms with Crippen molar-refractivity contribution in [1.29, 1.82) is 0 Å². The van der Waals surface area contributed by atoms with Gasteiger partial charge in [0.15, 0.2) is 0 Å².